The summed E-state index contributed by atoms with van der Waals surface area (Å²) in [5.74, 6) is -0.189. The Labute approximate surface area is 183 Å². The Morgan fingerprint density at radius 1 is 1.10 bits per heavy atom. The lowest BCUT2D eigenvalue weighted by atomic mass is 10.1. The summed E-state index contributed by atoms with van der Waals surface area (Å²) in [6.45, 7) is 2.20. The Hall–Kier alpha value is -3.52. The number of nitrogens with zero attached hydrogens (tertiary/aromatic N) is 2. The summed E-state index contributed by atoms with van der Waals surface area (Å²) in [5, 5.41) is 13.0. The number of carbonyl (C=O) groups is 2. The summed E-state index contributed by atoms with van der Waals surface area (Å²) in [6, 6.07) is 15.7. The number of aryl methyl sites for hydroxylation is 1. The second-order valence-corrected chi connectivity index (χ2v) is 8.03. The second kappa shape index (κ2) is 9.53. The van der Waals surface area contributed by atoms with Gasteiger partial charge in [-0.25, -0.2) is 4.98 Å². The fraction of sp³-hybridized carbons (Fsp3) is 0.217. The van der Waals surface area contributed by atoms with Crippen LogP contribution in [0.1, 0.15) is 24.6 Å². The van der Waals surface area contributed by atoms with Gasteiger partial charge in [-0.2, -0.15) is 0 Å². The minimum atomic E-state index is -0.186. The molecule has 0 atom stereocenters. The normalized spacial score (nSPS) is 10.9. The zero-order valence-electron chi connectivity index (χ0n) is 17.1. The molecule has 0 aliphatic rings. The van der Waals surface area contributed by atoms with Gasteiger partial charge in [-0.3, -0.25) is 9.59 Å². The van der Waals surface area contributed by atoms with Gasteiger partial charge in [0, 0.05) is 29.8 Å². The molecule has 31 heavy (non-hydrogen) atoms. The van der Waals surface area contributed by atoms with Gasteiger partial charge in [0.1, 0.15) is 5.69 Å². The molecule has 8 heteroatoms. The van der Waals surface area contributed by atoms with Gasteiger partial charge in [-0.15, -0.1) is 11.3 Å². The standard InChI is InChI=1S/C23H22N4O3S/c1-15(28)24-12-4-5-16-8-10-17(11-9-16)20-14-31-23(25-20)26-22(29)13-19-18-6-2-3-7-21(18)30-27-19/h2-3,6-11,14H,4-5,12-13H2,1H3,(H,24,28)(H,25,26,29). The number of hydrogen-bond acceptors (Lipinski definition) is 6. The summed E-state index contributed by atoms with van der Waals surface area (Å²) >= 11 is 1.39. The Morgan fingerprint density at radius 2 is 1.90 bits per heavy atom. The highest BCUT2D eigenvalue weighted by Crippen LogP contribution is 2.26. The van der Waals surface area contributed by atoms with Crippen LogP contribution in [0, 0.1) is 0 Å². The van der Waals surface area contributed by atoms with Gasteiger partial charge in [-0.1, -0.05) is 41.6 Å². The summed E-state index contributed by atoms with van der Waals surface area (Å²) in [4.78, 5) is 27.9. The van der Waals surface area contributed by atoms with Crippen molar-refractivity contribution in [3.8, 4) is 11.3 Å². The quantitative estimate of drug-likeness (QED) is 0.405. The molecule has 0 bridgehead atoms. The summed E-state index contributed by atoms with van der Waals surface area (Å²) in [6.07, 6.45) is 1.92. The topological polar surface area (TPSA) is 97.1 Å². The van der Waals surface area contributed by atoms with Crippen LogP contribution >= 0.6 is 11.3 Å². The number of anilines is 1. The molecule has 7 nitrogen and oxygen atoms in total. The van der Waals surface area contributed by atoms with E-state index in [1.807, 2.05) is 41.8 Å². The molecule has 2 aromatic carbocycles. The van der Waals surface area contributed by atoms with E-state index in [9.17, 15) is 9.59 Å². The van der Waals surface area contributed by atoms with E-state index in [2.05, 4.69) is 32.9 Å². The third kappa shape index (κ3) is 5.35. The molecule has 2 N–H and O–H groups in total. The predicted molar refractivity (Wildman–Crippen MR) is 121 cm³/mol. The minimum Gasteiger partial charge on any atom is -0.356 e. The fourth-order valence-electron chi connectivity index (χ4n) is 3.24. The molecule has 2 aromatic heterocycles. The van der Waals surface area contributed by atoms with Crippen LogP contribution in [-0.4, -0.2) is 28.5 Å². The molecule has 0 aliphatic heterocycles. The van der Waals surface area contributed by atoms with E-state index in [1.54, 1.807) is 0 Å². The number of aromatic nitrogens is 2. The number of carbonyl (C=O) groups excluding carboxylic acids is 2. The second-order valence-electron chi connectivity index (χ2n) is 7.17. The largest absolute Gasteiger partial charge is 0.356 e. The first-order valence-electron chi connectivity index (χ1n) is 10.0. The van der Waals surface area contributed by atoms with Gasteiger partial charge in [0.2, 0.25) is 11.8 Å². The van der Waals surface area contributed by atoms with E-state index in [0.717, 1.165) is 29.5 Å². The molecule has 2 amide bonds. The summed E-state index contributed by atoms with van der Waals surface area (Å²) < 4.78 is 5.25. The van der Waals surface area contributed by atoms with E-state index >= 15 is 0 Å². The molecule has 2 heterocycles. The van der Waals surface area contributed by atoms with Crippen LogP contribution in [0.5, 0.6) is 0 Å². The number of fused-ring (bicyclic) bond motifs is 1. The maximum atomic E-state index is 12.4. The molecule has 0 saturated carbocycles. The molecular formula is C23H22N4O3S. The average molecular weight is 435 g/mol. The van der Waals surface area contributed by atoms with Crippen LogP contribution in [0.25, 0.3) is 22.2 Å². The molecule has 0 spiro atoms. The van der Waals surface area contributed by atoms with Crippen LogP contribution in [0.3, 0.4) is 0 Å². The Balaban J connectivity index is 1.33. The highest BCUT2D eigenvalue weighted by atomic mass is 32.1. The highest BCUT2D eigenvalue weighted by Gasteiger charge is 2.14. The van der Waals surface area contributed by atoms with Crippen molar-refractivity contribution in [2.75, 3.05) is 11.9 Å². The van der Waals surface area contributed by atoms with Crippen molar-refractivity contribution in [1.82, 2.24) is 15.5 Å². The van der Waals surface area contributed by atoms with Crippen LogP contribution in [0.15, 0.2) is 58.4 Å². The van der Waals surface area contributed by atoms with Crippen LogP contribution in [0.4, 0.5) is 5.13 Å². The molecule has 0 unspecified atom stereocenters. The molecule has 158 valence electrons. The van der Waals surface area contributed by atoms with Crippen molar-refractivity contribution in [2.24, 2.45) is 0 Å². The Bertz CT molecular complexity index is 1200. The number of thiazole rings is 1. The van der Waals surface area contributed by atoms with Gasteiger partial charge < -0.3 is 15.2 Å². The van der Waals surface area contributed by atoms with Crippen LogP contribution in [0.2, 0.25) is 0 Å². The van der Waals surface area contributed by atoms with Crippen molar-refractivity contribution < 1.29 is 14.1 Å². The van der Waals surface area contributed by atoms with E-state index in [1.165, 1.54) is 23.8 Å². The van der Waals surface area contributed by atoms with Gasteiger partial charge in [0.15, 0.2) is 10.7 Å². The number of rotatable bonds is 8. The van der Waals surface area contributed by atoms with Crippen LogP contribution in [-0.2, 0) is 22.4 Å². The predicted octanol–water partition coefficient (Wildman–Crippen LogP) is 4.20. The zero-order valence-corrected chi connectivity index (χ0v) is 17.9. The molecule has 0 radical (unpaired) electrons. The van der Waals surface area contributed by atoms with Crippen molar-refractivity contribution >= 4 is 39.3 Å². The first kappa shape index (κ1) is 20.7. The third-order valence-electron chi connectivity index (χ3n) is 4.80. The SMILES string of the molecule is CC(=O)NCCCc1ccc(-c2csc(NC(=O)Cc3noc4ccccc34)n2)cc1. The number of benzene rings is 2. The number of nitrogens with one attached hydrogen (secondary N) is 2. The maximum absolute atomic E-state index is 12.4. The molecular weight excluding hydrogens is 412 g/mol. The van der Waals surface area contributed by atoms with Gasteiger partial charge in [0.05, 0.1) is 12.1 Å². The highest BCUT2D eigenvalue weighted by molar-refractivity contribution is 7.14. The molecule has 0 saturated heterocycles. The number of para-hydroxylation sites is 1. The molecule has 0 fully saturated rings. The van der Waals surface area contributed by atoms with Crippen molar-refractivity contribution in [1.29, 1.82) is 0 Å². The summed E-state index contributed by atoms with van der Waals surface area (Å²) in [5.41, 5.74) is 4.29. The number of amides is 2. The first-order chi connectivity index (χ1) is 15.1. The fourth-order valence-corrected chi connectivity index (χ4v) is 3.98. The zero-order chi connectivity index (χ0) is 21.6. The van der Waals surface area contributed by atoms with Gasteiger partial charge >= 0.3 is 0 Å². The lowest BCUT2D eigenvalue weighted by Gasteiger charge is -2.04. The van der Waals surface area contributed by atoms with Crippen molar-refractivity contribution in [3.63, 3.8) is 0 Å². The maximum Gasteiger partial charge on any atom is 0.232 e. The van der Waals surface area contributed by atoms with Gasteiger partial charge in [-0.05, 0) is 30.5 Å². The minimum absolute atomic E-state index is 0.00356. The lowest BCUT2D eigenvalue weighted by molar-refractivity contribution is -0.119. The van der Waals surface area contributed by atoms with Crippen molar-refractivity contribution in [3.05, 3.63) is 65.2 Å². The Kier molecular flexibility index (Phi) is 6.37. The first-order valence-corrected chi connectivity index (χ1v) is 10.9. The number of hydrogen-bond donors (Lipinski definition) is 2. The van der Waals surface area contributed by atoms with E-state index in [4.69, 9.17) is 4.52 Å². The van der Waals surface area contributed by atoms with Gasteiger partial charge in [0.25, 0.3) is 0 Å². The van der Waals surface area contributed by atoms with Crippen LogP contribution < -0.4 is 10.6 Å². The van der Waals surface area contributed by atoms with E-state index < -0.39 is 0 Å². The van der Waals surface area contributed by atoms with Crippen molar-refractivity contribution in [2.45, 2.75) is 26.2 Å². The van der Waals surface area contributed by atoms with E-state index in [0.29, 0.717) is 23.0 Å². The van der Waals surface area contributed by atoms with E-state index in [-0.39, 0.29) is 18.2 Å². The Morgan fingerprint density at radius 3 is 2.71 bits per heavy atom. The molecule has 4 rings (SSSR count). The average Bonchev–Trinajstić information content (AvgIpc) is 3.39. The summed E-state index contributed by atoms with van der Waals surface area (Å²) in [7, 11) is 0. The monoisotopic (exact) mass is 434 g/mol. The lowest BCUT2D eigenvalue weighted by Crippen LogP contribution is -2.21. The molecule has 0 aliphatic carbocycles. The third-order valence-corrected chi connectivity index (χ3v) is 5.55. The molecule has 4 aromatic rings. The smallest absolute Gasteiger partial charge is 0.232 e.